The van der Waals surface area contributed by atoms with Crippen molar-refractivity contribution < 1.29 is 13.6 Å². The van der Waals surface area contributed by atoms with Crippen LogP contribution in [0.15, 0.2) is 18.5 Å². The Morgan fingerprint density at radius 2 is 2.08 bits per heavy atom. The second kappa shape index (κ2) is 3.20. The predicted molar refractivity (Wildman–Crippen MR) is 43.8 cm³/mol. The smallest absolute Gasteiger partial charge is 0.272 e. The van der Waals surface area contributed by atoms with Gasteiger partial charge < -0.3 is 0 Å². The van der Waals surface area contributed by atoms with Crippen molar-refractivity contribution in [3.05, 3.63) is 29.6 Å². The summed E-state index contributed by atoms with van der Waals surface area (Å²) in [5.41, 5.74) is -0.0285. The van der Waals surface area contributed by atoms with E-state index in [0.717, 1.165) is 19.2 Å². The molecular formula is C9H9F2NO. The molecule has 0 saturated heterocycles. The lowest BCUT2D eigenvalue weighted by Gasteiger charge is -2.09. The number of aromatic nitrogens is 1. The summed E-state index contributed by atoms with van der Waals surface area (Å²) in [7, 11) is 0. The number of halogens is 2. The SMILES string of the molecule is CC(=O)c1cncc(C(C)(F)F)c1. The number of alkyl halides is 2. The molecule has 1 aromatic heterocycles. The molecule has 0 aliphatic rings. The molecule has 0 amide bonds. The molecule has 0 aromatic carbocycles. The number of pyridine rings is 1. The molecule has 13 heavy (non-hydrogen) atoms. The van der Waals surface area contributed by atoms with Gasteiger partial charge in [0.2, 0.25) is 0 Å². The highest BCUT2D eigenvalue weighted by atomic mass is 19.3. The highest BCUT2D eigenvalue weighted by Crippen LogP contribution is 2.26. The van der Waals surface area contributed by atoms with Gasteiger partial charge in [0.05, 0.1) is 0 Å². The van der Waals surface area contributed by atoms with Crippen LogP contribution in [-0.2, 0) is 5.92 Å². The van der Waals surface area contributed by atoms with Gasteiger partial charge in [0.25, 0.3) is 5.92 Å². The van der Waals surface area contributed by atoms with Crippen LogP contribution in [-0.4, -0.2) is 10.8 Å². The number of ketones is 1. The van der Waals surface area contributed by atoms with Gasteiger partial charge in [0.1, 0.15) is 0 Å². The summed E-state index contributed by atoms with van der Waals surface area (Å²) >= 11 is 0. The van der Waals surface area contributed by atoms with Crippen LogP contribution in [0.3, 0.4) is 0 Å². The Balaban J connectivity index is 3.13. The molecular weight excluding hydrogens is 176 g/mol. The van der Waals surface area contributed by atoms with Gasteiger partial charge in [-0.15, -0.1) is 0 Å². The third kappa shape index (κ3) is 2.31. The van der Waals surface area contributed by atoms with Crippen molar-refractivity contribution in [2.45, 2.75) is 19.8 Å². The van der Waals surface area contributed by atoms with Gasteiger partial charge in [-0.05, 0) is 13.0 Å². The molecule has 0 bridgehead atoms. The van der Waals surface area contributed by atoms with Crippen molar-refractivity contribution in [1.29, 1.82) is 0 Å². The molecule has 0 atom stereocenters. The van der Waals surface area contributed by atoms with Crippen molar-refractivity contribution in [2.75, 3.05) is 0 Å². The zero-order valence-corrected chi connectivity index (χ0v) is 7.34. The minimum absolute atomic E-state index is 0.207. The topological polar surface area (TPSA) is 30.0 Å². The van der Waals surface area contributed by atoms with Crippen LogP contribution in [0.4, 0.5) is 8.78 Å². The molecule has 70 valence electrons. The first-order valence-electron chi connectivity index (χ1n) is 3.75. The zero-order chi connectivity index (χ0) is 10.1. The minimum Gasteiger partial charge on any atom is -0.294 e. The Labute approximate surface area is 74.6 Å². The van der Waals surface area contributed by atoms with Gasteiger partial charge in [-0.25, -0.2) is 8.78 Å². The molecule has 0 aliphatic carbocycles. The fourth-order valence-electron chi connectivity index (χ4n) is 0.873. The maximum Gasteiger partial charge on any atom is 0.272 e. The predicted octanol–water partition coefficient (Wildman–Crippen LogP) is 2.40. The molecule has 0 saturated carbocycles. The molecule has 4 heteroatoms. The normalized spacial score (nSPS) is 11.4. The van der Waals surface area contributed by atoms with E-state index in [2.05, 4.69) is 4.98 Å². The second-order valence-corrected chi connectivity index (χ2v) is 2.91. The van der Waals surface area contributed by atoms with E-state index in [0.29, 0.717) is 0 Å². The molecule has 0 N–H and O–H groups in total. The Morgan fingerprint density at radius 1 is 1.46 bits per heavy atom. The Kier molecular flexibility index (Phi) is 2.40. The molecule has 0 unspecified atom stereocenters. The fourth-order valence-corrected chi connectivity index (χ4v) is 0.873. The zero-order valence-electron chi connectivity index (χ0n) is 7.34. The summed E-state index contributed by atoms with van der Waals surface area (Å²) in [6.07, 6.45) is 2.34. The Hall–Kier alpha value is -1.32. The third-order valence-corrected chi connectivity index (χ3v) is 1.65. The van der Waals surface area contributed by atoms with E-state index in [4.69, 9.17) is 0 Å². The van der Waals surface area contributed by atoms with E-state index in [1.807, 2.05) is 0 Å². The van der Waals surface area contributed by atoms with Crippen molar-refractivity contribution in [2.24, 2.45) is 0 Å². The van der Waals surface area contributed by atoms with Gasteiger partial charge in [-0.1, -0.05) is 0 Å². The van der Waals surface area contributed by atoms with E-state index in [1.54, 1.807) is 0 Å². The highest BCUT2D eigenvalue weighted by Gasteiger charge is 2.25. The highest BCUT2D eigenvalue weighted by molar-refractivity contribution is 5.93. The van der Waals surface area contributed by atoms with Crippen molar-refractivity contribution >= 4 is 5.78 Å². The first-order chi connectivity index (χ1) is 5.91. The largest absolute Gasteiger partial charge is 0.294 e. The number of hydrogen-bond donors (Lipinski definition) is 0. The first-order valence-corrected chi connectivity index (χ1v) is 3.75. The quantitative estimate of drug-likeness (QED) is 0.662. The number of nitrogens with zero attached hydrogens (tertiary/aromatic N) is 1. The number of Topliss-reactive ketones (excluding diaryl/α,β-unsaturated/α-hetero) is 1. The lowest BCUT2D eigenvalue weighted by Crippen LogP contribution is -2.08. The third-order valence-electron chi connectivity index (χ3n) is 1.65. The molecule has 0 fully saturated rings. The maximum absolute atomic E-state index is 12.7. The number of carbonyl (C=O) groups excluding carboxylic acids is 1. The van der Waals surface area contributed by atoms with Crippen molar-refractivity contribution in [1.82, 2.24) is 4.98 Å². The van der Waals surface area contributed by atoms with Gasteiger partial charge in [0.15, 0.2) is 5.78 Å². The Morgan fingerprint density at radius 3 is 2.54 bits per heavy atom. The summed E-state index contributed by atoms with van der Waals surface area (Å²) in [5, 5.41) is 0. The van der Waals surface area contributed by atoms with Crippen LogP contribution in [0.25, 0.3) is 0 Å². The van der Waals surface area contributed by atoms with Crippen LogP contribution in [0, 0.1) is 0 Å². The molecule has 1 rings (SSSR count). The molecule has 0 radical (unpaired) electrons. The summed E-state index contributed by atoms with van der Waals surface area (Å²) in [6, 6.07) is 1.16. The standard InChI is InChI=1S/C9H9F2NO/c1-6(13)7-3-8(5-12-4-7)9(2,10)11/h3-5H,1-2H3. The van der Waals surface area contributed by atoms with Crippen LogP contribution in [0.5, 0.6) is 0 Å². The fraction of sp³-hybridized carbons (Fsp3) is 0.333. The van der Waals surface area contributed by atoms with E-state index in [9.17, 15) is 13.6 Å². The maximum atomic E-state index is 12.7. The van der Waals surface area contributed by atoms with Crippen LogP contribution in [0.1, 0.15) is 29.8 Å². The molecule has 2 nitrogen and oxygen atoms in total. The number of rotatable bonds is 2. The van der Waals surface area contributed by atoms with E-state index in [-0.39, 0.29) is 16.9 Å². The lowest BCUT2D eigenvalue weighted by atomic mass is 10.1. The molecule has 0 aliphatic heterocycles. The lowest BCUT2D eigenvalue weighted by molar-refractivity contribution is 0.0171. The van der Waals surface area contributed by atoms with Gasteiger partial charge in [-0.3, -0.25) is 9.78 Å². The molecule has 1 heterocycles. The Bertz CT molecular complexity index is 331. The summed E-state index contributed by atoms with van der Waals surface area (Å²) < 4.78 is 25.5. The van der Waals surface area contributed by atoms with Crippen molar-refractivity contribution in [3.63, 3.8) is 0 Å². The summed E-state index contributed by atoms with van der Waals surface area (Å²) in [5.74, 6) is -3.21. The van der Waals surface area contributed by atoms with Gasteiger partial charge in [-0.2, -0.15) is 0 Å². The van der Waals surface area contributed by atoms with Crippen LogP contribution in [0.2, 0.25) is 0 Å². The van der Waals surface area contributed by atoms with E-state index >= 15 is 0 Å². The van der Waals surface area contributed by atoms with Crippen LogP contribution >= 0.6 is 0 Å². The number of carbonyl (C=O) groups is 1. The average Bonchev–Trinajstić information content (AvgIpc) is 2.03. The van der Waals surface area contributed by atoms with Gasteiger partial charge >= 0.3 is 0 Å². The summed E-state index contributed by atoms with van der Waals surface area (Å²) in [6.45, 7) is 2.09. The minimum atomic E-state index is -2.95. The van der Waals surface area contributed by atoms with E-state index in [1.165, 1.54) is 13.1 Å². The van der Waals surface area contributed by atoms with Gasteiger partial charge in [0, 0.05) is 30.4 Å². The monoisotopic (exact) mass is 185 g/mol. The number of hydrogen-bond acceptors (Lipinski definition) is 2. The molecule has 1 aromatic rings. The summed E-state index contributed by atoms with van der Waals surface area (Å²) in [4.78, 5) is 14.4. The van der Waals surface area contributed by atoms with E-state index < -0.39 is 5.92 Å². The van der Waals surface area contributed by atoms with Crippen LogP contribution < -0.4 is 0 Å². The first kappa shape index (κ1) is 9.77. The van der Waals surface area contributed by atoms with Crippen molar-refractivity contribution in [3.8, 4) is 0 Å². The molecule has 0 spiro atoms. The average molecular weight is 185 g/mol. The second-order valence-electron chi connectivity index (χ2n) is 2.91.